The van der Waals surface area contributed by atoms with E-state index in [-0.39, 0.29) is 11.6 Å². The fourth-order valence-electron chi connectivity index (χ4n) is 4.29. The molecule has 1 saturated heterocycles. The van der Waals surface area contributed by atoms with E-state index in [1.807, 2.05) is 0 Å². The summed E-state index contributed by atoms with van der Waals surface area (Å²) in [6.45, 7) is 6.01. The van der Waals surface area contributed by atoms with Crippen molar-refractivity contribution in [3.63, 3.8) is 0 Å². The van der Waals surface area contributed by atoms with Crippen LogP contribution in [-0.2, 0) is 4.79 Å². The van der Waals surface area contributed by atoms with Gasteiger partial charge in [-0.3, -0.25) is 10.1 Å². The summed E-state index contributed by atoms with van der Waals surface area (Å²) >= 11 is 0. The Kier molecular flexibility index (Phi) is 5.05. The Morgan fingerprint density at radius 2 is 2.09 bits per heavy atom. The highest BCUT2D eigenvalue weighted by Gasteiger charge is 2.46. The molecule has 0 aromatic heterocycles. The van der Waals surface area contributed by atoms with Crippen molar-refractivity contribution in [1.82, 2.24) is 10.2 Å². The molecule has 1 amide bonds. The average Bonchev–Trinajstić information content (AvgIpc) is 2.73. The lowest BCUT2D eigenvalue weighted by Gasteiger charge is -2.44. The topological polar surface area (TPSA) is 32.3 Å². The molecule has 0 aromatic rings. The Morgan fingerprint density at radius 1 is 1.30 bits per heavy atom. The number of carbonyl (C=O) groups excluding carboxylic acids is 1. The molecule has 0 aromatic carbocycles. The van der Waals surface area contributed by atoms with E-state index < -0.39 is 0 Å². The fourth-order valence-corrected chi connectivity index (χ4v) is 4.29. The molecule has 0 atom stereocenters. The first-order valence-corrected chi connectivity index (χ1v) is 9.18. The van der Waals surface area contributed by atoms with Crippen LogP contribution in [0.2, 0.25) is 0 Å². The number of nitrogens with one attached hydrogen (secondary N) is 1. The van der Waals surface area contributed by atoms with Gasteiger partial charge in [-0.15, -0.1) is 0 Å². The molecule has 1 aliphatic heterocycles. The highest BCUT2D eigenvalue weighted by atomic mass is 16.2. The minimum absolute atomic E-state index is 0.0598. The van der Waals surface area contributed by atoms with E-state index in [2.05, 4.69) is 54.4 Å². The molecule has 2 fully saturated rings. The lowest BCUT2D eigenvalue weighted by molar-refractivity contribution is -0.131. The first kappa shape index (κ1) is 16.5. The molecule has 1 heterocycles. The smallest absolute Gasteiger partial charge is 0.238 e. The van der Waals surface area contributed by atoms with Crippen LogP contribution >= 0.6 is 0 Å². The van der Waals surface area contributed by atoms with Gasteiger partial charge in [0.05, 0.1) is 12.2 Å². The van der Waals surface area contributed by atoms with E-state index in [4.69, 9.17) is 0 Å². The second-order valence-corrected chi connectivity index (χ2v) is 7.56. The van der Waals surface area contributed by atoms with E-state index in [9.17, 15) is 4.79 Å². The molecular formula is C20H30N2O. The van der Waals surface area contributed by atoms with Crippen LogP contribution in [0.3, 0.4) is 0 Å². The molecule has 3 rings (SSSR count). The summed E-state index contributed by atoms with van der Waals surface area (Å²) in [6.07, 6.45) is 17.5. The number of hydrogen-bond donors (Lipinski definition) is 1. The first-order chi connectivity index (χ1) is 11.1. The zero-order chi connectivity index (χ0) is 16.3. The van der Waals surface area contributed by atoms with Gasteiger partial charge < -0.3 is 4.90 Å². The lowest BCUT2D eigenvalue weighted by atomic mass is 9.76. The van der Waals surface area contributed by atoms with Crippen LogP contribution in [0.5, 0.6) is 0 Å². The third-order valence-electron chi connectivity index (χ3n) is 5.88. The summed E-state index contributed by atoms with van der Waals surface area (Å²) in [5.41, 5.74) is 1.29. The molecule has 3 nitrogen and oxygen atoms in total. The van der Waals surface area contributed by atoms with Gasteiger partial charge >= 0.3 is 0 Å². The van der Waals surface area contributed by atoms with Gasteiger partial charge in [0.15, 0.2) is 0 Å². The molecule has 0 unspecified atom stereocenters. The van der Waals surface area contributed by atoms with E-state index in [0.29, 0.717) is 6.54 Å². The molecule has 0 radical (unpaired) electrons. The van der Waals surface area contributed by atoms with Crippen molar-refractivity contribution in [3.05, 3.63) is 36.0 Å². The van der Waals surface area contributed by atoms with Crippen LogP contribution < -0.4 is 5.32 Å². The summed E-state index contributed by atoms with van der Waals surface area (Å²) in [5.74, 6) is 1.86. The third-order valence-corrected chi connectivity index (χ3v) is 5.88. The van der Waals surface area contributed by atoms with Crippen molar-refractivity contribution in [3.8, 4) is 0 Å². The van der Waals surface area contributed by atoms with Gasteiger partial charge in [-0.25, -0.2) is 0 Å². The largest absolute Gasteiger partial charge is 0.323 e. The number of carbonyl (C=O) groups is 1. The van der Waals surface area contributed by atoms with Crippen molar-refractivity contribution in [2.75, 3.05) is 13.1 Å². The number of hydrogen-bond acceptors (Lipinski definition) is 2. The summed E-state index contributed by atoms with van der Waals surface area (Å²) < 4.78 is 0. The molecule has 23 heavy (non-hydrogen) atoms. The zero-order valence-corrected chi connectivity index (χ0v) is 14.6. The second-order valence-electron chi connectivity index (χ2n) is 7.56. The van der Waals surface area contributed by atoms with Gasteiger partial charge in [0, 0.05) is 6.54 Å². The molecule has 3 aliphatic rings. The van der Waals surface area contributed by atoms with E-state index >= 15 is 0 Å². The van der Waals surface area contributed by atoms with Gasteiger partial charge in [0.25, 0.3) is 0 Å². The summed E-state index contributed by atoms with van der Waals surface area (Å²) in [6, 6.07) is 0. The Hall–Kier alpha value is -1.35. The van der Waals surface area contributed by atoms with Gasteiger partial charge in [-0.1, -0.05) is 44.2 Å². The maximum absolute atomic E-state index is 12.4. The SMILES string of the molecule is CC(C)C1CCC2(CC1)NCC(=O)N2CCC1=CCC=CC=C1. The highest BCUT2D eigenvalue weighted by Crippen LogP contribution is 2.39. The average molecular weight is 314 g/mol. The van der Waals surface area contributed by atoms with Gasteiger partial charge in [-0.05, 0) is 55.9 Å². The third kappa shape index (κ3) is 3.60. The van der Waals surface area contributed by atoms with Crippen molar-refractivity contribution < 1.29 is 4.79 Å². The molecule has 1 N–H and O–H groups in total. The van der Waals surface area contributed by atoms with Crippen molar-refractivity contribution in [2.45, 2.75) is 58.0 Å². The Bertz CT molecular complexity index is 522. The first-order valence-electron chi connectivity index (χ1n) is 9.18. The number of nitrogens with zero attached hydrogens (tertiary/aromatic N) is 1. The molecular weight excluding hydrogens is 284 g/mol. The lowest BCUT2D eigenvalue weighted by Crippen LogP contribution is -2.54. The van der Waals surface area contributed by atoms with Crippen molar-refractivity contribution in [2.24, 2.45) is 11.8 Å². The molecule has 126 valence electrons. The minimum atomic E-state index is -0.0598. The molecule has 1 saturated carbocycles. The van der Waals surface area contributed by atoms with E-state index in [1.54, 1.807) is 0 Å². The van der Waals surface area contributed by atoms with Crippen LogP contribution in [-0.4, -0.2) is 29.6 Å². The number of allylic oxidation sites excluding steroid dienone is 5. The maximum atomic E-state index is 12.4. The molecule has 2 aliphatic carbocycles. The predicted octanol–water partition coefficient (Wildman–Crippen LogP) is 3.79. The highest BCUT2D eigenvalue weighted by molar-refractivity contribution is 5.81. The minimum Gasteiger partial charge on any atom is -0.323 e. The fraction of sp³-hybridized carbons (Fsp3) is 0.650. The van der Waals surface area contributed by atoms with Crippen LogP contribution in [0.25, 0.3) is 0 Å². The summed E-state index contributed by atoms with van der Waals surface area (Å²) in [7, 11) is 0. The normalized spacial score (nSPS) is 31.1. The number of rotatable bonds is 4. The standard InChI is InChI=1S/C20H30N2O/c1-16(2)18-9-12-20(13-10-18)21-15-19(23)22(20)14-11-17-7-5-3-4-6-8-17/h3-5,7-8,16,18,21H,6,9-15H2,1-2H3. The van der Waals surface area contributed by atoms with Crippen LogP contribution in [0, 0.1) is 11.8 Å². The van der Waals surface area contributed by atoms with Gasteiger partial charge in [0.1, 0.15) is 0 Å². The van der Waals surface area contributed by atoms with E-state index in [0.717, 1.165) is 44.1 Å². The summed E-state index contributed by atoms with van der Waals surface area (Å²) in [4.78, 5) is 14.6. The Balaban J connectivity index is 1.63. The monoisotopic (exact) mass is 314 g/mol. The van der Waals surface area contributed by atoms with Crippen LogP contribution in [0.1, 0.15) is 52.4 Å². The molecule has 1 spiro atoms. The second kappa shape index (κ2) is 7.04. The Labute approximate surface area is 140 Å². The molecule has 0 bridgehead atoms. The van der Waals surface area contributed by atoms with E-state index in [1.165, 1.54) is 18.4 Å². The van der Waals surface area contributed by atoms with Crippen molar-refractivity contribution in [1.29, 1.82) is 0 Å². The molecule has 3 heteroatoms. The van der Waals surface area contributed by atoms with Crippen LogP contribution in [0.4, 0.5) is 0 Å². The summed E-state index contributed by atoms with van der Waals surface area (Å²) in [5, 5.41) is 3.56. The Morgan fingerprint density at radius 3 is 2.83 bits per heavy atom. The zero-order valence-electron chi connectivity index (χ0n) is 14.6. The maximum Gasteiger partial charge on any atom is 0.238 e. The van der Waals surface area contributed by atoms with Crippen molar-refractivity contribution >= 4 is 5.91 Å². The van der Waals surface area contributed by atoms with Crippen LogP contribution in [0.15, 0.2) is 36.0 Å². The predicted molar refractivity (Wildman–Crippen MR) is 94.8 cm³/mol. The van der Waals surface area contributed by atoms with Gasteiger partial charge in [0.2, 0.25) is 5.91 Å². The van der Waals surface area contributed by atoms with Gasteiger partial charge in [-0.2, -0.15) is 0 Å². The quantitative estimate of drug-likeness (QED) is 0.856. The number of amides is 1.